The lowest BCUT2D eigenvalue weighted by Crippen LogP contribution is -2.47. The molecule has 2 aliphatic rings. The molecule has 0 spiro atoms. The maximum atomic E-state index is 9.66. The average molecular weight is 240 g/mol. The smallest absolute Gasteiger partial charge is 0.0543 e. The second kappa shape index (κ2) is 6.17. The third kappa shape index (κ3) is 3.94. The third-order valence-corrected chi connectivity index (χ3v) is 4.66. The Morgan fingerprint density at radius 2 is 2.06 bits per heavy atom. The number of hydrogen-bond donors (Lipinski definition) is 2. The molecule has 2 rings (SSSR count). The van der Waals surface area contributed by atoms with Crippen molar-refractivity contribution in [3.8, 4) is 0 Å². The minimum atomic E-state index is -0.0352. The van der Waals surface area contributed by atoms with Crippen LogP contribution in [0.2, 0.25) is 0 Å². The van der Waals surface area contributed by atoms with Crippen molar-refractivity contribution in [1.82, 2.24) is 10.2 Å². The number of rotatable bonds is 3. The first-order valence-electron chi connectivity index (χ1n) is 7.27. The number of likely N-dealkylation sites (tertiary alicyclic amines) is 1. The quantitative estimate of drug-likeness (QED) is 0.787. The lowest BCUT2D eigenvalue weighted by atomic mass is 9.87. The van der Waals surface area contributed by atoms with Gasteiger partial charge in [0.05, 0.1) is 6.10 Å². The summed E-state index contributed by atoms with van der Waals surface area (Å²) in [4.78, 5) is 2.45. The Morgan fingerprint density at radius 1 is 1.24 bits per heavy atom. The van der Waals surface area contributed by atoms with E-state index in [9.17, 15) is 5.11 Å². The van der Waals surface area contributed by atoms with Crippen LogP contribution in [0, 0.1) is 5.92 Å². The van der Waals surface area contributed by atoms with Crippen molar-refractivity contribution in [3.05, 3.63) is 0 Å². The first-order chi connectivity index (χ1) is 8.15. The summed E-state index contributed by atoms with van der Waals surface area (Å²) < 4.78 is 0. The van der Waals surface area contributed by atoms with Gasteiger partial charge < -0.3 is 15.3 Å². The van der Waals surface area contributed by atoms with Crippen molar-refractivity contribution >= 4 is 0 Å². The maximum Gasteiger partial charge on any atom is 0.0543 e. The topological polar surface area (TPSA) is 35.5 Å². The molecule has 0 radical (unpaired) electrons. The molecule has 3 nitrogen and oxygen atoms in total. The lowest BCUT2D eigenvalue weighted by Gasteiger charge is -2.36. The van der Waals surface area contributed by atoms with Crippen LogP contribution in [0.5, 0.6) is 0 Å². The van der Waals surface area contributed by atoms with Crippen molar-refractivity contribution in [2.75, 3.05) is 20.1 Å². The molecular formula is C14H28N2O. The van der Waals surface area contributed by atoms with Gasteiger partial charge in [0.2, 0.25) is 0 Å². The van der Waals surface area contributed by atoms with Crippen LogP contribution in [-0.2, 0) is 0 Å². The third-order valence-electron chi connectivity index (χ3n) is 4.66. The molecule has 1 heterocycles. The molecule has 1 aliphatic heterocycles. The highest BCUT2D eigenvalue weighted by molar-refractivity contribution is 4.83. The van der Waals surface area contributed by atoms with E-state index in [1.807, 2.05) is 0 Å². The van der Waals surface area contributed by atoms with Crippen molar-refractivity contribution in [3.63, 3.8) is 0 Å². The molecule has 0 bridgehead atoms. The van der Waals surface area contributed by atoms with Gasteiger partial charge in [0.25, 0.3) is 0 Å². The first-order valence-corrected chi connectivity index (χ1v) is 7.27. The Labute approximate surface area is 106 Å². The molecule has 2 N–H and O–H groups in total. The van der Waals surface area contributed by atoms with Gasteiger partial charge in [-0.3, -0.25) is 0 Å². The van der Waals surface area contributed by atoms with Gasteiger partial charge in [-0.05, 0) is 65.1 Å². The van der Waals surface area contributed by atoms with Gasteiger partial charge in [-0.1, -0.05) is 6.42 Å². The van der Waals surface area contributed by atoms with Crippen LogP contribution in [0.1, 0.15) is 45.4 Å². The predicted octanol–water partition coefficient (Wildman–Crippen LogP) is 1.61. The molecule has 2 fully saturated rings. The summed E-state index contributed by atoms with van der Waals surface area (Å²) in [7, 11) is 2.22. The number of piperidine rings is 1. The zero-order chi connectivity index (χ0) is 12.3. The van der Waals surface area contributed by atoms with E-state index < -0.39 is 0 Å². The highest BCUT2D eigenvalue weighted by Crippen LogP contribution is 2.24. The molecule has 1 saturated carbocycles. The minimum absolute atomic E-state index is 0.0352. The van der Waals surface area contributed by atoms with Gasteiger partial charge >= 0.3 is 0 Å². The summed E-state index contributed by atoms with van der Waals surface area (Å²) in [5.74, 6) is 0.703. The molecule has 1 saturated heterocycles. The molecule has 1 aliphatic carbocycles. The van der Waals surface area contributed by atoms with Gasteiger partial charge in [0, 0.05) is 12.1 Å². The van der Waals surface area contributed by atoms with E-state index in [-0.39, 0.29) is 6.10 Å². The summed E-state index contributed by atoms with van der Waals surface area (Å²) in [6.45, 7) is 4.64. The Kier molecular flexibility index (Phi) is 4.83. The summed E-state index contributed by atoms with van der Waals surface area (Å²) >= 11 is 0. The summed E-state index contributed by atoms with van der Waals surface area (Å²) in [6.07, 6.45) is 7.04. The van der Waals surface area contributed by atoms with E-state index in [2.05, 4.69) is 24.2 Å². The largest absolute Gasteiger partial charge is 0.393 e. The van der Waals surface area contributed by atoms with Crippen LogP contribution in [0.25, 0.3) is 0 Å². The van der Waals surface area contributed by atoms with Crippen molar-refractivity contribution in [2.24, 2.45) is 5.92 Å². The molecule has 3 heteroatoms. The van der Waals surface area contributed by atoms with E-state index in [0.29, 0.717) is 18.0 Å². The number of aliphatic hydroxyl groups is 1. The minimum Gasteiger partial charge on any atom is -0.393 e. The summed E-state index contributed by atoms with van der Waals surface area (Å²) in [5, 5.41) is 13.4. The Balaban J connectivity index is 1.67. The molecule has 4 unspecified atom stereocenters. The summed E-state index contributed by atoms with van der Waals surface area (Å²) in [5.41, 5.74) is 0. The zero-order valence-electron chi connectivity index (χ0n) is 11.4. The molecule has 0 aromatic rings. The van der Waals surface area contributed by atoms with E-state index in [4.69, 9.17) is 0 Å². The molecule has 0 aromatic carbocycles. The fourth-order valence-electron chi connectivity index (χ4n) is 3.26. The Bertz CT molecular complexity index is 234. The van der Waals surface area contributed by atoms with Gasteiger partial charge in [0.15, 0.2) is 0 Å². The second-order valence-corrected chi connectivity index (χ2v) is 6.15. The number of aliphatic hydroxyl groups excluding tert-OH is 1. The van der Waals surface area contributed by atoms with Crippen molar-refractivity contribution < 1.29 is 5.11 Å². The van der Waals surface area contributed by atoms with Crippen LogP contribution in [0.3, 0.4) is 0 Å². The van der Waals surface area contributed by atoms with E-state index >= 15 is 0 Å². The molecule has 17 heavy (non-hydrogen) atoms. The number of nitrogens with zero attached hydrogens (tertiary/aromatic N) is 1. The van der Waals surface area contributed by atoms with E-state index in [1.54, 1.807) is 0 Å². The highest BCUT2D eigenvalue weighted by Gasteiger charge is 2.24. The predicted molar refractivity (Wildman–Crippen MR) is 71.1 cm³/mol. The van der Waals surface area contributed by atoms with Gasteiger partial charge in [-0.2, -0.15) is 0 Å². The van der Waals surface area contributed by atoms with Crippen LogP contribution in [0.15, 0.2) is 0 Å². The van der Waals surface area contributed by atoms with Crippen LogP contribution >= 0.6 is 0 Å². The van der Waals surface area contributed by atoms with Gasteiger partial charge in [-0.25, -0.2) is 0 Å². The normalized spacial score (nSPS) is 40.4. The van der Waals surface area contributed by atoms with Crippen LogP contribution < -0.4 is 5.32 Å². The van der Waals surface area contributed by atoms with Gasteiger partial charge in [-0.15, -0.1) is 0 Å². The fourth-order valence-corrected chi connectivity index (χ4v) is 3.26. The van der Waals surface area contributed by atoms with E-state index in [1.165, 1.54) is 32.2 Å². The molecule has 4 atom stereocenters. The highest BCUT2D eigenvalue weighted by atomic mass is 16.3. The van der Waals surface area contributed by atoms with Crippen LogP contribution in [-0.4, -0.2) is 48.3 Å². The first kappa shape index (κ1) is 13.3. The molecular weight excluding hydrogens is 212 g/mol. The lowest BCUT2D eigenvalue weighted by molar-refractivity contribution is 0.0964. The number of hydrogen-bond acceptors (Lipinski definition) is 3. The van der Waals surface area contributed by atoms with Gasteiger partial charge in [0.1, 0.15) is 0 Å². The second-order valence-electron chi connectivity index (χ2n) is 6.15. The molecule has 0 aromatic heterocycles. The van der Waals surface area contributed by atoms with E-state index in [0.717, 1.165) is 19.4 Å². The standard InChI is InChI=1S/C14H28N2O/c1-11-8-13(6-7-16(11)2)15-10-12-4-3-5-14(17)9-12/h11-15,17H,3-10H2,1-2H3. The number of nitrogens with one attached hydrogen (secondary N) is 1. The SMILES string of the molecule is CC1CC(NCC2CCCC(O)C2)CCN1C. The van der Waals surface area contributed by atoms with Crippen molar-refractivity contribution in [1.29, 1.82) is 0 Å². The van der Waals surface area contributed by atoms with Crippen molar-refractivity contribution in [2.45, 2.75) is 63.6 Å². The average Bonchev–Trinajstić information content (AvgIpc) is 2.31. The molecule has 100 valence electrons. The maximum absolute atomic E-state index is 9.66. The Hall–Kier alpha value is -0.120. The zero-order valence-corrected chi connectivity index (χ0v) is 11.4. The Morgan fingerprint density at radius 3 is 2.76 bits per heavy atom. The monoisotopic (exact) mass is 240 g/mol. The fraction of sp³-hybridized carbons (Fsp3) is 1.00. The van der Waals surface area contributed by atoms with Crippen LogP contribution in [0.4, 0.5) is 0 Å². The summed E-state index contributed by atoms with van der Waals surface area (Å²) in [6, 6.07) is 1.40. The molecule has 0 amide bonds.